The molecule has 0 unspecified atom stereocenters. The number of aromatic nitrogens is 3. The molecule has 4 rings (SSSR count). The highest BCUT2D eigenvalue weighted by Crippen LogP contribution is 2.34. The molecular weight excluding hydrogens is 519 g/mol. The summed E-state index contributed by atoms with van der Waals surface area (Å²) >= 11 is 1.09. The summed E-state index contributed by atoms with van der Waals surface area (Å²) < 4.78 is 73.8. The molecule has 14 heteroatoms. The fourth-order valence-electron chi connectivity index (χ4n) is 3.20. The first-order valence-electron chi connectivity index (χ1n) is 10.1. The number of ether oxygens (including phenoxy) is 1. The van der Waals surface area contributed by atoms with Gasteiger partial charge in [-0.3, -0.25) is 9.40 Å². The minimum Gasteiger partial charge on any atom is -0.456 e. The van der Waals surface area contributed by atoms with Gasteiger partial charge in [0, 0.05) is 17.1 Å². The summed E-state index contributed by atoms with van der Waals surface area (Å²) in [7, 11) is -4.00. The normalized spacial score (nSPS) is 11.8. The number of nitrogens with one attached hydrogen (secondary N) is 1. The van der Waals surface area contributed by atoms with Crippen LogP contribution in [0.15, 0.2) is 65.0 Å². The highest BCUT2D eigenvalue weighted by molar-refractivity contribution is 7.93. The Morgan fingerprint density at radius 1 is 1.19 bits per heavy atom. The lowest BCUT2D eigenvalue weighted by Gasteiger charge is -2.11. The van der Waals surface area contributed by atoms with Gasteiger partial charge in [0.25, 0.3) is 10.0 Å². The van der Waals surface area contributed by atoms with E-state index in [4.69, 9.17) is 4.74 Å². The molecule has 9 nitrogen and oxygen atoms in total. The molecule has 0 radical (unpaired) electrons. The number of thiazole rings is 1. The molecule has 0 aliphatic carbocycles. The quantitative estimate of drug-likeness (QED) is 0.340. The number of aliphatic hydroxyl groups excluding tert-OH is 1. The van der Waals surface area contributed by atoms with E-state index < -0.39 is 28.5 Å². The van der Waals surface area contributed by atoms with Crippen molar-refractivity contribution in [2.75, 3.05) is 11.3 Å². The minimum absolute atomic E-state index is 0.0442. The summed E-state index contributed by atoms with van der Waals surface area (Å²) in [6, 6.07) is 12.5. The molecule has 0 atom stereocenters. The second-order valence-electron chi connectivity index (χ2n) is 7.20. The van der Waals surface area contributed by atoms with Crippen LogP contribution >= 0.6 is 11.3 Å². The van der Waals surface area contributed by atoms with Crippen molar-refractivity contribution in [1.82, 2.24) is 14.8 Å². The van der Waals surface area contributed by atoms with Crippen molar-refractivity contribution in [2.45, 2.75) is 17.6 Å². The van der Waals surface area contributed by atoms with Gasteiger partial charge in [-0.05, 0) is 36.4 Å². The van der Waals surface area contributed by atoms with E-state index in [1.54, 1.807) is 11.4 Å². The molecule has 4 aromatic rings. The van der Waals surface area contributed by atoms with E-state index in [1.165, 1.54) is 36.5 Å². The Labute approximate surface area is 207 Å². The van der Waals surface area contributed by atoms with E-state index in [9.17, 15) is 32.0 Å². The van der Waals surface area contributed by atoms with Crippen LogP contribution in [0.25, 0.3) is 11.3 Å². The van der Waals surface area contributed by atoms with Crippen LogP contribution in [0.2, 0.25) is 0 Å². The molecule has 36 heavy (non-hydrogen) atoms. The molecule has 0 fully saturated rings. The Morgan fingerprint density at radius 3 is 2.67 bits per heavy atom. The van der Waals surface area contributed by atoms with Gasteiger partial charge in [-0.2, -0.15) is 23.5 Å². The summed E-state index contributed by atoms with van der Waals surface area (Å²) in [6.45, 7) is -0.569. The highest BCUT2D eigenvalue weighted by Gasteiger charge is 2.35. The molecule has 0 saturated carbocycles. The fraction of sp³-hybridized carbons (Fsp3) is 0.136. The average Bonchev–Trinajstić information content (AvgIpc) is 3.49. The van der Waals surface area contributed by atoms with Crippen molar-refractivity contribution < 1.29 is 31.4 Å². The number of benzene rings is 2. The third-order valence-electron chi connectivity index (χ3n) is 4.78. The van der Waals surface area contributed by atoms with Crippen LogP contribution in [-0.2, 0) is 22.7 Å². The SMILES string of the molecule is N#Cc1cc(S(=O)(=O)Nc2nccs2)ccc1Oc1cccc(-c2cc(C(F)(F)F)nn2CCO)c1. The Morgan fingerprint density at radius 2 is 2.00 bits per heavy atom. The van der Waals surface area contributed by atoms with Gasteiger partial charge in [0.05, 0.1) is 29.3 Å². The zero-order chi connectivity index (χ0) is 25.9. The Bertz CT molecular complexity index is 1530. The van der Waals surface area contributed by atoms with E-state index in [0.717, 1.165) is 28.2 Å². The first-order chi connectivity index (χ1) is 17.1. The summed E-state index contributed by atoms with van der Waals surface area (Å²) in [4.78, 5) is 3.69. The van der Waals surface area contributed by atoms with E-state index in [-0.39, 0.29) is 39.3 Å². The highest BCUT2D eigenvalue weighted by atomic mass is 32.2. The smallest absolute Gasteiger partial charge is 0.435 e. The number of sulfonamides is 1. The van der Waals surface area contributed by atoms with E-state index in [1.807, 2.05) is 6.07 Å². The fourth-order valence-corrected chi connectivity index (χ4v) is 5.01. The van der Waals surface area contributed by atoms with Gasteiger partial charge in [-0.1, -0.05) is 12.1 Å². The summed E-state index contributed by atoms with van der Waals surface area (Å²) in [5.74, 6) is 0.230. The molecule has 2 N–H and O–H groups in total. The van der Waals surface area contributed by atoms with Gasteiger partial charge in [-0.25, -0.2) is 13.4 Å². The van der Waals surface area contributed by atoms with Crippen LogP contribution in [0.4, 0.5) is 18.3 Å². The Hall–Kier alpha value is -3.93. The molecule has 0 spiro atoms. The van der Waals surface area contributed by atoms with E-state index >= 15 is 0 Å². The van der Waals surface area contributed by atoms with Gasteiger partial charge >= 0.3 is 6.18 Å². The van der Waals surface area contributed by atoms with Crippen LogP contribution in [0.5, 0.6) is 11.5 Å². The van der Waals surface area contributed by atoms with E-state index in [2.05, 4.69) is 14.8 Å². The average molecular weight is 536 g/mol. The van der Waals surface area contributed by atoms with Crippen LogP contribution < -0.4 is 9.46 Å². The summed E-state index contributed by atoms with van der Waals surface area (Å²) in [5, 5.41) is 24.1. The minimum atomic E-state index is -4.66. The number of hydrogen-bond acceptors (Lipinski definition) is 8. The Kier molecular flexibility index (Phi) is 6.97. The molecule has 0 amide bonds. The van der Waals surface area contributed by atoms with Crippen molar-refractivity contribution in [3.8, 4) is 28.8 Å². The van der Waals surface area contributed by atoms with Crippen molar-refractivity contribution in [1.29, 1.82) is 5.26 Å². The maximum Gasteiger partial charge on any atom is 0.435 e. The maximum absolute atomic E-state index is 13.2. The third kappa shape index (κ3) is 5.48. The largest absolute Gasteiger partial charge is 0.456 e. The number of alkyl halides is 3. The lowest BCUT2D eigenvalue weighted by atomic mass is 10.1. The third-order valence-corrected chi connectivity index (χ3v) is 6.93. The number of nitriles is 1. The van der Waals surface area contributed by atoms with Gasteiger partial charge in [0.1, 0.15) is 17.6 Å². The molecule has 2 aromatic heterocycles. The zero-order valence-electron chi connectivity index (χ0n) is 18.1. The van der Waals surface area contributed by atoms with Gasteiger partial charge in [0.2, 0.25) is 0 Å². The molecule has 2 aromatic carbocycles. The van der Waals surface area contributed by atoms with Crippen LogP contribution in [0.3, 0.4) is 0 Å². The second kappa shape index (κ2) is 9.97. The first-order valence-corrected chi connectivity index (χ1v) is 12.5. The molecular formula is C22H16F3N5O4S2. The number of rotatable bonds is 8. The molecule has 0 aliphatic rings. The molecule has 2 heterocycles. The van der Waals surface area contributed by atoms with Crippen molar-refractivity contribution in [3.63, 3.8) is 0 Å². The van der Waals surface area contributed by atoms with Crippen LogP contribution in [-0.4, -0.2) is 34.9 Å². The maximum atomic E-state index is 13.2. The Balaban J connectivity index is 1.63. The van der Waals surface area contributed by atoms with Crippen molar-refractivity contribution >= 4 is 26.5 Å². The molecule has 186 valence electrons. The molecule has 0 saturated heterocycles. The van der Waals surface area contributed by atoms with Gasteiger partial charge in [-0.15, -0.1) is 11.3 Å². The standard InChI is InChI=1S/C22H16F3N5O4S2/c23-22(24,25)20-12-18(30(28-20)7-8-31)14-2-1-3-16(10-14)34-19-5-4-17(11-15(19)13-26)36(32,33)29-21-27-6-9-35-21/h1-6,9-12,31H,7-8H2,(H,27,29). The molecule has 0 aliphatic heterocycles. The number of aliphatic hydroxyl groups is 1. The van der Waals surface area contributed by atoms with Gasteiger partial charge < -0.3 is 9.84 Å². The number of anilines is 1. The predicted molar refractivity (Wildman–Crippen MR) is 124 cm³/mol. The predicted octanol–water partition coefficient (Wildman–Crippen LogP) is 4.48. The van der Waals surface area contributed by atoms with Crippen LogP contribution in [0.1, 0.15) is 11.3 Å². The number of nitrogens with zero attached hydrogens (tertiary/aromatic N) is 4. The van der Waals surface area contributed by atoms with Crippen LogP contribution in [0, 0.1) is 11.3 Å². The summed E-state index contributed by atoms with van der Waals surface area (Å²) in [6.07, 6.45) is -3.23. The van der Waals surface area contributed by atoms with E-state index in [0.29, 0.717) is 5.56 Å². The number of halogens is 3. The topological polar surface area (TPSA) is 130 Å². The lowest BCUT2D eigenvalue weighted by Crippen LogP contribution is -2.13. The number of hydrogen-bond donors (Lipinski definition) is 2. The molecule has 0 bridgehead atoms. The van der Waals surface area contributed by atoms with Gasteiger partial charge in [0.15, 0.2) is 10.8 Å². The first kappa shape index (κ1) is 25.2. The summed E-state index contributed by atoms with van der Waals surface area (Å²) in [5.41, 5.74) is -0.745. The van der Waals surface area contributed by atoms with Crippen molar-refractivity contribution in [2.24, 2.45) is 0 Å². The lowest BCUT2D eigenvalue weighted by molar-refractivity contribution is -0.141. The van der Waals surface area contributed by atoms with Crippen molar-refractivity contribution in [3.05, 3.63) is 71.4 Å². The second-order valence-corrected chi connectivity index (χ2v) is 9.78. The zero-order valence-corrected chi connectivity index (χ0v) is 19.7. The monoisotopic (exact) mass is 535 g/mol.